The quantitative estimate of drug-likeness (QED) is 0.846. The minimum atomic E-state index is -0.214. The van der Waals surface area contributed by atoms with Gasteiger partial charge in [-0.3, -0.25) is 9.48 Å². The zero-order valence-corrected chi connectivity index (χ0v) is 14.1. The van der Waals surface area contributed by atoms with Gasteiger partial charge in [0.2, 0.25) is 0 Å². The van der Waals surface area contributed by atoms with Crippen LogP contribution in [0.2, 0.25) is 0 Å². The predicted octanol–water partition coefficient (Wildman–Crippen LogP) is 3.87. The molecule has 5 nitrogen and oxygen atoms in total. The van der Waals surface area contributed by atoms with E-state index in [-0.39, 0.29) is 11.7 Å². The van der Waals surface area contributed by atoms with Crippen molar-refractivity contribution < 1.29 is 14.6 Å². The minimum Gasteiger partial charge on any atom is -0.508 e. The third kappa shape index (κ3) is 3.78. The molecule has 2 aromatic rings. The first kappa shape index (κ1) is 16.6. The number of phenols is 1. The Morgan fingerprint density at radius 2 is 1.96 bits per heavy atom. The third-order valence-electron chi connectivity index (χ3n) is 4.68. The van der Waals surface area contributed by atoms with Crippen molar-refractivity contribution in [2.24, 2.45) is 0 Å². The van der Waals surface area contributed by atoms with Gasteiger partial charge in [0.1, 0.15) is 5.75 Å². The molecule has 24 heavy (non-hydrogen) atoms. The van der Waals surface area contributed by atoms with E-state index in [0.29, 0.717) is 18.9 Å². The predicted molar refractivity (Wildman–Crippen MR) is 91.8 cm³/mol. The van der Waals surface area contributed by atoms with E-state index in [0.717, 1.165) is 29.8 Å². The second-order valence-electron chi connectivity index (χ2n) is 6.38. The van der Waals surface area contributed by atoms with Crippen LogP contribution in [-0.2, 0) is 16.0 Å². The molecule has 1 aromatic heterocycles. The molecule has 5 heteroatoms. The van der Waals surface area contributed by atoms with E-state index in [2.05, 4.69) is 10.7 Å². The van der Waals surface area contributed by atoms with Gasteiger partial charge in [-0.05, 0) is 43.2 Å². The lowest BCUT2D eigenvalue weighted by atomic mass is 9.95. The van der Waals surface area contributed by atoms with Crippen molar-refractivity contribution in [2.45, 2.75) is 51.0 Å². The summed E-state index contributed by atoms with van der Waals surface area (Å²) < 4.78 is 6.84. The summed E-state index contributed by atoms with van der Waals surface area (Å²) in [6.07, 6.45) is 6.96. The standard InChI is InChI=1S/C19H24N2O3/c1-24-19(23)12-9-15-13-18(14-7-10-17(22)11-8-14)21(20-15)16-5-3-2-4-6-16/h7-8,10-11,13,16,22H,2-6,9,12H2,1H3. The molecule has 1 heterocycles. The van der Waals surface area contributed by atoms with Crippen LogP contribution in [0.15, 0.2) is 30.3 Å². The number of ether oxygens (including phenoxy) is 1. The summed E-state index contributed by atoms with van der Waals surface area (Å²) in [6, 6.07) is 9.69. The highest BCUT2D eigenvalue weighted by Crippen LogP contribution is 2.33. The average molecular weight is 328 g/mol. The monoisotopic (exact) mass is 328 g/mol. The van der Waals surface area contributed by atoms with Gasteiger partial charge in [0, 0.05) is 12.0 Å². The lowest BCUT2D eigenvalue weighted by Gasteiger charge is -2.24. The molecule has 0 bridgehead atoms. The molecule has 0 atom stereocenters. The number of nitrogens with zero attached hydrogens (tertiary/aromatic N) is 2. The van der Waals surface area contributed by atoms with Crippen LogP contribution in [0.5, 0.6) is 5.75 Å². The number of hydrogen-bond acceptors (Lipinski definition) is 4. The van der Waals surface area contributed by atoms with Crippen molar-refractivity contribution in [3.63, 3.8) is 0 Å². The third-order valence-corrected chi connectivity index (χ3v) is 4.68. The van der Waals surface area contributed by atoms with Crippen molar-refractivity contribution in [3.8, 4) is 17.0 Å². The SMILES string of the molecule is COC(=O)CCc1cc(-c2ccc(O)cc2)n(C2CCCCC2)n1. The van der Waals surface area contributed by atoms with E-state index in [4.69, 9.17) is 9.84 Å². The molecule has 1 aliphatic carbocycles. The molecule has 0 saturated heterocycles. The molecule has 1 saturated carbocycles. The van der Waals surface area contributed by atoms with Crippen molar-refractivity contribution >= 4 is 5.97 Å². The second kappa shape index (κ2) is 7.51. The number of aromatic nitrogens is 2. The zero-order chi connectivity index (χ0) is 16.9. The van der Waals surface area contributed by atoms with Crippen molar-refractivity contribution in [3.05, 3.63) is 36.0 Å². The average Bonchev–Trinajstić information content (AvgIpc) is 3.05. The fraction of sp³-hybridized carbons (Fsp3) is 0.474. The smallest absolute Gasteiger partial charge is 0.305 e. The highest BCUT2D eigenvalue weighted by atomic mass is 16.5. The van der Waals surface area contributed by atoms with E-state index < -0.39 is 0 Å². The van der Waals surface area contributed by atoms with Gasteiger partial charge < -0.3 is 9.84 Å². The molecular weight excluding hydrogens is 304 g/mol. The first-order valence-electron chi connectivity index (χ1n) is 8.62. The molecule has 0 radical (unpaired) electrons. The van der Waals surface area contributed by atoms with E-state index >= 15 is 0 Å². The lowest BCUT2D eigenvalue weighted by Crippen LogP contribution is -2.15. The first-order chi connectivity index (χ1) is 11.7. The Morgan fingerprint density at radius 3 is 2.62 bits per heavy atom. The number of esters is 1. The van der Waals surface area contributed by atoms with Crippen LogP contribution in [0.25, 0.3) is 11.3 Å². The maximum Gasteiger partial charge on any atom is 0.305 e. The summed E-state index contributed by atoms with van der Waals surface area (Å²) >= 11 is 0. The Morgan fingerprint density at radius 1 is 1.25 bits per heavy atom. The summed E-state index contributed by atoms with van der Waals surface area (Å²) in [5.74, 6) is 0.0433. The maximum atomic E-state index is 11.4. The molecule has 1 fully saturated rings. The van der Waals surface area contributed by atoms with Crippen molar-refractivity contribution in [2.75, 3.05) is 7.11 Å². The summed E-state index contributed by atoms with van der Waals surface area (Å²) in [5, 5.41) is 14.3. The molecule has 0 aliphatic heterocycles. The number of benzene rings is 1. The summed E-state index contributed by atoms with van der Waals surface area (Å²) in [6.45, 7) is 0. The highest BCUT2D eigenvalue weighted by Gasteiger charge is 2.21. The fourth-order valence-corrected chi connectivity index (χ4v) is 3.35. The molecule has 0 unspecified atom stereocenters. The van der Waals surface area contributed by atoms with Gasteiger partial charge in [-0.25, -0.2) is 0 Å². The van der Waals surface area contributed by atoms with E-state index in [1.807, 2.05) is 12.1 Å². The largest absolute Gasteiger partial charge is 0.508 e. The zero-order valence-electron chi connectivity index (χ0n) is 14.1. The Kier molecular flexibility index (Phi) is 5.18. The molecular formula is C19H24N2O3. The van der Waals surface area contributed by atoms with Gasteiger partial charge >= 0.3 is 5.97 Å². The van der Waals surface area contributed by atoms with Crippen LogP contribution >= 0.6 is 0 Å². The van der Waals surface area contributed by atoms with Gasteiger partial charge in [-0.1, -0.05) is 19.3 Å². The molecule has 3 rings (SSSR count). The van der Waals surface area contributed by atoms with Gasteiger partial charge in [0.15, 0.2) is 0 Å². The topological polar surface area (TPSA) is 64.3 Å². The highest BCUT2D eigenvalue weighted by molar-refractivity contribution is 5.69. The first-order valence-corrected chi connectivity index (χ1v) is 8.62. The number of carbonyl (C=O) groups excluding carboxylic acids is 1. The van der Waals surface area contributed by atoms with Gasteiger partial charge in [0.05, 0.1) is 31.0 Å². The van der Waals surface area contributed by atoms with Gasteiger partial charge in [-0.15, -0.1) is 0 Å². The van der Waals surface area contributed by atoms with Gasteiger partial charge in [-0.2, -0.15) is 5.10 Å². The second-order valence-corrected chi connectivity index (χ2v) is 6.38. The Bertz CT molecular complexity index is 685. The molecule has 1 aliphatic rings. The van der Waals surface area contributed by atoms with Crippen LogP contribution in [0.3, 0.4) is 0 Å². The molecule has 128 valence electrons. The van der Waals surface area contributed by atoms with Crippen LogP contribution in [-0.4, -0.2) is 28.0 Å². The minimum absolute atomic E-state index is 0.214. The van der Waals surface area contributed by atoms with Crippen molar-refractivity contribution in [1.82, 2.24) is 9.78 Å². The number of phenolic OH excluding ortho intramolecular Hbond substituents is 1. The molecule has 1 aromatic carbocycles. The molecule has 1 N–H and O–H groups in total. The number of hydrogen-bond donors (Lipinski definition) is 1. The Balaban J connectivity index is 1.90. The normalized spacial score (nSPS) is 15.4. The van der Waals surface area contributed by atoms with Crippen LogP contribution in [0, 0.1) is 0 Å². The van der Waals surface area contributed by atoms with Gasteiger partial charge in [0.25, 0.3) is 0 Å². The van der Waals surface area contributed by atoms with E-state index in [1.165, 1.54) is 26.4 Å². The summed E-state index contributed by atoms with van der Waals surface area (Å²) in [4.78, 5) is 11.4. The van der Waals surface area contributed by atoms with Crippen LogP contribution < -0.4 is 0 Å². The molecule has 0 amide bonds. The van der Waals surface area contributed by atoms with E-state index in [1.54, 1.807) is 12.1 Å². The van der Waals surface area contributed by atoms with Crippen molar-refractivity contribution in [1.29, 1.82) is 0 Å². The summed E-state index contributed by atoms with van der Waals surface area (Å²) in [5.41, 5.74) is 3.01. The number of aryl methyl sites for hydroxylation is 1. The molecule has 0 spiro atoms. The van der Waals surface area contributed by atoms with Crippen LogP contribution in [0.1, 0.15) is 50.3 Å². The Labute approximate surface area is 142 Å². The fourth-order valence-electron chi connectivity index (χ4n) is 3.35. The number of methoxy groups -OCH3 is 1. The number of carbonyl (C=O) groups is 1. The number of aromatic hydroxyl groups is 1. The maximum absolute atomic E-state index is 11.4. The van der Waals surface area contributed by atoms with Crippen LogP contribution in [0.4, 0.5) is 0 Å². The lowest BCUT2D eigenvalue weighted by molar-refractivity contribution is -0.140. The van der Waals surface area contributed by atoms with E-state index in [9.17, 15) is 9.90 Å². The summed E-state index contributed by atoms with van der Waals surface area (Å²) in [7, 11) is 1.41. The Hall–Kier alpha value is -2.30. The number of rotatable bonds is 5.